The van der Waals surface area contributed by atoms with Crippen molar-refractivity contribution in [1.82, 2.24) is 5.32 Å². The molecular formula is C7H13F2N. The molecule has 0 aromatic rings. The monoisotopic (exact) mass is 149 g/mol. The van der Waals surface area contributed by atoms with Crippen molar-refractivity contribution in [1.29, 1.82) is 0 Å². The van der Waals surface area contributed by atoms with Gasteiger partial charge in [-0.3, -0.25) is 0 Å². The summed E-state index contributed by atoms with van der Waals surface area (Å²) >= 11 is 0. The molecule has 0 saturated heterocycles. The van der Waals surface area contributed by atoms with Crippen LogP contribution in [0.3, 0.4) is 0 Å². The van der Waals surface area contributed by atoms with Gasteiger partial charge in [0, 0.05) is 6.92 Å². The summed E-state index contributed by atoms with van der Waals surface area (Å²) in [5.74, 6) is -2.72. The van der Waals surface area contributed by atoms with Crippen LogP contribution >= 0.6 is 0 Å². The lowest BCUT2D eigenvalue weighted by atomic mass is 10.1. The Morgan fingerprint density at radius 1 is 1.60 bits per heavy atom. The van der Waals surface area contributed by atoms with Crippen molar-refractivity contribution in [3.8, 4) is 0 Å². The summed E-state index contributed by atoms with van der Waals surface area (Å²) in [6.45, 7) is 5.91. The molecule has 0 spiro atoms. The van der Waals surface area contributed by atoms with Crippen molar-refractivity contribution in [2.24, 2.45) is 0 Å². The second-order valence-corrected chi connectivity index (χ2v) is 2.52. The molecule has 0 saturated carbocycles. The van der Waals surface area contributed by atoms with Gasteiger partial charge in [0.1, 0.15) is 0 Å². The van der Waals surface area contributed by atoms with Crippen molar-refractivity contribution in [3.05, 3.63) is 12.2 Å². The van der Waals surface area contributed by atoms with Crippen LogP contribution in [0.5, 0.6) is 0 Å². The Bertz CT molecular complexity index is 126. The van der Waals surface area contributed by atoms with Crippen LogP contribution in [0.15, 0.2) is 12.2 Å². The highest BCUT2D eigenvalue weighted by Crippen LogP contribution is 2.21. The van der Waals surface area contributed by atoms with Gasteiger partial charge in [0.25, 0.3) is 5.92 Å². The van der Waals surface area contributed by atoms with E-state index in [1.54, 1.807) is 6.92 Å². The fourth-order valence-corrected chi connectivity index (χ4v) is 0.933. The van der Waals surface area contributed by atoms with Crippen LogP contribution in [0, 0.1) is 0 Å². The summed E-state index contributed by atoms with van der Waals surface area (Å²) in [4.78, 5) is 0. The average Bonchev–Trinajstić information content (AvgIpc) is 1.60. The molecular weight excluding hydrogens is 136 g/mol. The van der Waals surface area contributed by atoms with E-state index in [0.29, 0.717) is 5.57 Å². The Hall–Kier alpha value is -0.440. The molecule has 1 atom stereocenters. The van der Waals surface area contributed by atoms with Crippen LogP contribution in [-0.2, 0) is 0 Å². The van der Waals surface area contributed by atoms with E-state index in [1.807, 2.05) is 0 Å². The third-order valence-corrected chi connectivity index (χ3v) is 1.29. The number of nitrogens with one attached hydrogen (secondary N) is 1. The molecule has 0 amide bonds. The summed E-state index contributed by atoms with van der Waals surface area (Å²) in [7, 11) is 1.50. The minimum absolute atomic E-state index is 0.454. The van der Waals surface area contributed by atoms with Gasteiger partial charge in [-0.15, -0.1) is 0 Å². The zero-order valence-corrected chi connectivity index (χ0v) is 6.54. The standard InChI is InChI=1S/C7H13F2N/c1-5(2)6(10-4)7(3,8)9/h6,10H,1H2,2-4H3. The Balaban J connectivity index is 4.22. The van der Waals surface area contributed by atoms with E-state index >= 15 is 0 Å². The van der Waals surface area contributed by atoms with Gasteiger partial charge in [-0.2, -0.15) is 0 Å². The van der Waals surface area contributed by atoms with Gasteiger partial charge in [-0.25, -0.2) is 8.78 Å². The highest BCUT2D eigenvalue weighted by molar-refractivity contribution is 5.06. The number of hydrogen-bond donors (Lipinski definition) is 1. The number of hydrogen-bond acceptors (Lipinski definition) is 1. The van der Waals surface area contributed by atoms with Crippen LogP contribution in [-0.4, -0.2) is 19.0 Å². The first-order chi connectivity index (χ1) is 4.39. The summed E-state index contributed by atoms with van der Waals surface area (Å²) in [5.41, 5.74) is 0.454. The predicted octanol–water partition coefficient (Wildman–Crippen LogP) is 1.81. The number of likely N-dealkylation sites (N-methyl/N-ethyl adjacent to an activating group) is 1. The zero-order chi connectivity index (χ0) is 8.36. The minimum Gasteiger partial charge on any atom is -0.308 e. The van der Waals surface area contributed by atoms with Crippen LogP contribution in [0.1, 0.15) is 13.8 Å². The third-order valence-electron chi connectivity index (χ3n) is 1.29. The third kappa shape index (κ3) is 2.43. The molecule has 0 aliphatic rings. The molecule has 0 heterocycles. The first kappa shape index (κ1) is 9.56. The maximum atomic E-state index is 12.5. The van der Waals surface area contributed by atoms with Gasteiger partial charge in [0.15, 0.2) is 0 Å². The number of alkyl halides is 2. The van der Waals surface area contributed by atoms with Crippen molar-refractivity contribution in [2.45, 2.75) is 25.8 Å². The molecule has 0 radical (unpaired) electrons. The van der Waals surface area contributed by atoms with Crippen molar-refractivity contribution in [3.63, 3.8) is 0 Å². The van der Waals surface area contributed by atoms with Crippen LogP contribution < -0.4 is 5.32 Å². The quantitative estimate of drug-likeness (QED) is 0.603. The van der Waals surface area contributed by atoms with Gasteiger partial charge in [0.2, 0.25) is 0 Å². The van der Waals surface area contributed by atoms with E-state index in [1.165, 1.54) is 7.05 Å². The normalized spacial score (nSPS) is 14.9. The lowest BCUT2D eigenvalue weighted by molar-refractivity contribution is -0.00355. The second-order valence-electron chi connectivity index (χ2n) is 2.52. The van der Waals surface area contributed by atoms with Crippen LogP contribution in [0.25, 0.3) is 0 Å². The molecule has 0 aromatic heterocycles. The second kappa shape index (κ2) is 3.10. The average molecular weight is 149 g/mol. The highest BCUT2D eigenvalue weighted by atomic mass is 19.3. The van der Waals surface area contributed by atoms with E-state index in [9.17, 15) is 8.78 Å². The Labute approximate surface area is 60.1 Å². The Kier molecular flexibility index (Phi) is 2.96. The van der Waals surface area contributed by atoms with E-state index in [0.717, 1.165) is 6.92 Å². The maximum Gasteiger partial charge on any atom is 0.264 e. The van der Waals surface area contributed by atoms with Crippen LogP contribution in [0.4, 0.5) is 8.78 Å². The highest BCUT2D eigenvalue weighted by Gasteiger charge is 2.32. The smallest absolute Gasteiger partial charge is 0.264 e. The summed E-state index contributed by atoms with van der Waals surface area (Å²) < 4.78 is 25.0. The number of halogens is 2. The van der Waals surface area contributed by atoms with Gasteiger partial charge in [-0.1, -0.05) is 12.2 Å². The lowest BCUT2D eigenvalue weighted by Gasteiger charge is -2.22. The fourth-order valence-electron chi connectivity index (χ4n) is 0.933. The molecule has 0 aromatic carbocycles. The summed E-state index contributed by atoms with van der Waals surface area (Å²) in [6, 6.07) is -0.910. The zero-order valence-electron chi connectivity index (χ0n) is 6.54. The molecule has 10 heavy (non-hydrogen) atoms. The molecule has 0 bridgehead atoms. The molecule has 1 unspecified atom stereocenters. The van der Waals surface area contributed by atoms with Gasteiger partial charge in [-0.05, 0) is 14.0 Å². The van der Waals surface area contributed by atoms with E-state index < -0.39 is 12.0 Å². The lowest BCUT2D eigenvalue weighted by Crippen LogP contribution is -2.41. The largest absolute Gasteiger partial charge is 0.308 e. The summed E-state index contributed by atoms with van der Waals surface area (Å²) in [6.07, 6.45) is 0. The van der Waals surface area contributed by atoms with E-state index in [-0.39, 0.29) is 0 Å². The fraction of sp³-hybridized carbons (Fsp3) is 0.714. The molecule has 1 nitrogen and oxygen atoms in total. The topological polar surface area (TPSA) is 12.0 Å². The first-order valence-corrected chi connectivity index (χ1v) is 3.10. The molecule has 3 heteroatoms. The molecule has 0 fully saturated rings. The molecule has 1 N–H and O–H groups in total. The summed E-state index contributed by atoms with van der Waals surface area (Å²) in [5, 5.41) is 2.49. The SMILES string of the molecule is C=C(C)C(NC)C(C)(F)F. The van der Waals surface area contributed by atoms with Crippen LogP contribution in [0.2, 0.25) is 0 Å². The van der Waals surface area contributed by atoms with Crippen molar-refractivity contribution < 1.29 is 8.78 Å². The van der Waals surface area contributed by atoms with Gasteiger partial charge in [0.05, 0.1) is 6.04 Å². The number of rotatable bonds is 3. The molecule has 0 aliphatic carbocycles. The molecule has 0 rings (SSSR count). The first-order valence-electron chi connectivity index (χ1n) is 3.10. The van der Waals surface area contributed by atoms with Crippen molar-refractivity contribution in [2.75, 3.05) is 7.05 Å². The van der Waals surface area contributed by atoms with Crippen molar-refractivity contribution >= 4 is 0 Å². The maximum absolute atomic E-state index is 12.5. The Morgan fingerprint density at radius 2 is 2.00 bits per heavy atom. The minimum atomic E-state index is -2.72. The van der Waals surface area contributed by atoms with Gasteiger partial charge >= 0.3 is 0 Å². The molecule has 0 aliphatic heterocycles. The van der Waals surface area contributed by atoms with Gasteiger partial charge < -0.3 is 5.32 Å². The molecule has 60 valence electrons. The van der Waals surface area contributed by atoms with E-state index in [4.69, 9.17) is 0 Å². The Morgan fingerprint density at radius 3 is 2.00 bits per heavy atom. The van der Waals surface area contributed by atoms with E-state index in [2.05, 4.69) is 11.9 Å². The predicted molar refractivity (Wildman–Crippen MR) is 38.3 cm³/mol.